The van der Waals surface area contributed by atoms with Crippen LogP contribution < -0.4 is 5.56 Å². The van der Waals surface area contributed by atoms with Gasteiger partial charge in [0.15, 0.2) is 0 Å². The summed E-state index contributed by atoms with van der Waals surface area (Å²) in [5.41, 5.74) is 2.30. The van der Waals surface area contributed by atoms with E-state index in [1.807, 2.05) is 12.1 Å². The topological polar surface area (TPSA) is 138 Å². The van der Waals surface area contributed by atoms with Crippen LogP contribution in [0.3, 0.4) is 0 Å². The number of aromatic nitrogens is 2. The highest BCUT2D eigenvalue weighted by Gasteiger charge is 2.16. The zero-order valence-corrected chi connectivity index (χ0v) is 17.6. The van der Waals surface area contributed by atoms with Gasteiger partial charge in [0.1, 0.15) is 5.71 Å². The largest absolute Gasteiger partial charge is 0.411 e. The SMILES string of the molecule is O=c1c(C=N/N=C(\C=N\O)c2ccccc2)c(-c2ccc([N+](=O)[O-])cc2)[nH]n1-c1ccccc1. The minimum atomic E-state index is -0.493. The molecular weight excluding hydrogens is 436 g/mol. The lowest BCUT2D eigenvalue weighted by atomic mass is 10.1. The number of nitrogens with one attached hydrogen (secondary N) is 1. The lowest BCUT2D eigenvalue weighted by Crippen LogP contribution is -2.17. The predicted octanol–water partition coefficient (Wildman–Crippen LogP) is 4.02. The third kappa shape index (κ3) is 4.70. The molecule has 10 nitrogen and oxygen atoms in total. The molecule has 34 heavy (non-hydrogen) atoms. The van der Waals surface area contributed by atoms with Crippen LogP contribution in [0.1, 0.15) is 11.1 Å². The van der Waals surface area contributed by atoms with Crippen molar-refractivity contribution in [2.45, 2.75) is 0 Å². The van der Waals surface area contributed by atoms with Crippen molar-refractivity contribution in [3.63, 3.8) is 0 Å². The van der Waals surface area contributed by atoms with Gasteiger partial charge in [-0.25, -0.2) is 4.68 Å². The van der Waals surface area contributed by atoms with E-state index in [1.54, 1.807) is 60.7 Å². The molecule has 0 unspecified atom stereocenters. The van der Waals surface area contributed by atoms with E-state index in [1.165, 1.54) is 23.0 Å². The number of rotatable bonds is 7. The van der Waals surface area contributed by atoms with Crippen molar-refractivity contribution < 1.29 is 10.1 Å². The van der Waals surface area contributed by atoms with Gasteiger partial charge in [-0.15, -0.1) is 5.10 Å². The third-order valence-corrected chi connectivity index (χ3v) is 4.91. The predicted molar refractivity (Wildman–Crippen MR) is 129 cm³/mol. The van der Waals surface area contributed by atoms with Crippen molar-refractivity contribution in [2.24, 2.45) is 15.4 Å². The summed E-state index contributed by atoms with van der Waals surface area (Å²) in [6.45, 7) is 0. The number of nitro groups is 1. The molecule has 0 aliphatic carbocycles. The minimum Gasteiger partial charge on any atom is -0.411 e. The van der Waals surface area contributed by atoms with Crippen LogP contribution >= 0.6 is 0 Å². The summed E-state index contributed by atoms with van der Waals surface area (Å²) < 4.78 is 1.36. The van der Waals surface area contributed by atoms with Gasteiger partial charge in [-0.3, -0.25) is 20.0 Å². The number of oxime groups is 1. The Kier molecular flexibility index (Phi) is 6.50. The highest BCUT2D eigenvalue weighted by molar-refractivity contribution is 6.38. The lowest BCUT2D eigenvalue weighted by Gasteiger charge is -2.02. The van der Waals surface area contributed by atoms with Gasteiger partial charge in [-0.05, 0) is 24.3 Å². The molecule has 4 aromatic rings. The molecule has 0 saturated carbocycles. The maximum Gasteiger partial charge on any atom is 0.280 e. The summed E-state index contributed by atoms with van der Waals surface area (Å²) in [5, 5.41) is 34.2. The lowest BCUT2D eigenvalue weighted by molar-refractivity contribution is -0.384. The van der Waals surface area contributed by atoms with Gasteiger partial charge < -0.3 is 5.21 Å². The monoisotopic (exact) mass is 454 g/mol. The van der Waals surface area contributed by atoms with E-state index in [4.69, 9.17) is 5.21 Å². The highest BCUT2D eigenvalue weighted by atomic mass is 16.6. The van der Waals surface area contributed by atoms with Crippen molar-refractivity contribution in [2.75, 3.05) is 0 Å². The molecule has 3 aromatic carbocycles. The molecule has 168 valence electrons. The van der Waals surface area contributed by atoms with Gasteiger partial charge in [0.25, 0.3) is 11.2 Å². The molecule has 1 heterocycles. The van der Waals surface area contributed by atoms with Gasteiger partial charge >= 0.3 is 0 Å². The highest BCUT2D eigenvalue weighted by Crippen LogP contribution is 2.23. The van der Waals surface area contributed by atoms with E-state index in [0.717, 1.165) is 6.21 Å². The fraction of sp³-hybridized carbons (Fsp3) is 0. The van der Waals surface area contributed by atoms with Crippen LogP contribution in [0.4, 0.5) is 5.69 Å². The van der Waals surface area contributed by atoms with Gasteiger partial charge in [0, 0.05) is 23.3 Å². The van der Waals surface area contributed by atoms with Crippen molar-refractivity contribution in [1.29, 1.82) is 0 Å². The van der Waals surface area contributed by atoms with Crippen LogP contribution in [0.25, 0.3) is 16.9 Å². The van der Waals surface area contributed by atoms with Gasteiger partial charge in [0.2, 0.25) is 0 Å². The number of benzene rings is 3. The van der Waals surface area contributed by atoms with Crippen LogP contribution in [0.5, 0.6) is 0 Å². The first-order chi connectivity index (χ1) is 16.6. The van der Waals surface area contributed by atoms with Crippen molar-refractivity contribution in [3.8, 4) is 16.9 Å². The van der Waals surface area contributed by atoms with Crippen molar-refractivity contribution in [1.82, 2.24) is 9.78 Å². The Balaban J connectivity index is 1.81. The molecule has 10 heteroatoms. The van der Waals surface area contributed by atoms with E-state index in [-0.39, 0.29) is 22.5 Å². The molecule has 0 saturated heterocycles. The van der Waals surface area contributed by atoms with Gasteiger partial charge in [-0.1, -0.05) is 53.7 Å². The fourth-order valence-corrected chi connectivity index (χ4v) is 3.27. The summed E-state index contributed by atoms with van der Waals surface area (Å²) in [6, 6.07) is 23.8. The van der Waals surface area contributed by atoms with Crippen LogP contribution in [0.2, 0.25) is 0 Å². The molecule has 0 fully saturated rings. The maximum absolute atomic E-state index is 13.2. The van der Waals surface area contributed by atoms with E-state index < -0.39 is 4.92 Å². The minimum absolute atomic E-state index is 0.0656. The first-order valence-corrected chi connectivity index (χ1v) is 10.1. The number of nitro benzene ring substituents is 1. The molecule has 0 bridgehead atoms. The summed E-state index contributed by atoms with van der Waals surface area (Å²) in [4.78, 5) is 23.7. The molecule has 0 radical (unpaired) electrons. The van der Waals surface area contributed by atoms with Crippen molar-refractivity contribution in [3.05, 3.63) is 117 Å². The molecule has 0 aliphatic rings. The van der Waals surface area contributed by atoms with E-state index in [0.29, 0.717) is 22.5 Å². The molecule has 0 atom stereocenters. The maximum atomic E-state index is 13.2. The first-order valence-electron chi connectivity index (χ1n) is 10.1. The Hall–Kier alpha value is -5.12. The second-order valence-corrected chi connectivity index (χ2v) is 7.02. The Morgan fingerprint density at radius 3 is 2.24 bits per heavy atom. The van der Waals surface area contributed by atoms with Crippen LogP contribution in [-0.2, 0) is 0 Å². The summed E-state index contributed by atoms with van der Waals surface area (Å²) in [6.07, 6.45) is 2.44. The standard InChI is InChI=1S/C24H18N6O4/c31-24-21(15-25-27-22(16-26-32)17-7-3-1-4-8-17)23(18-11-13-20(14-12-18)30(33)34)28-29(24)19-9-5-2-6-10-19/h1-16,28,32H/b25-15?,26-16+,27-22+. The molecule has 2 N–H and O–H groups in total. The Labute approximate surface area is 193 Å². The summed E-state index contributed by atoms with van der Waals surface area (Å²) in [7, 11) is 0. The zero-order valence-electron chi connectivity index (χ0n) is 17.6. The molecular formula is C24H18N6O4. The fourth-order valence-electron chi connectivity index (χ4n) is 3.27. The Bertz CT molecular complexity index is 1440. The zero-order chi connectivity index (χ0) is 23.9. The second kappa shape index (κ2) is 10.0. The Morgan fingerprint density at radius 2 is 1.62 bits per heavy atom. The van der Waals surface area contributed by atoms with Crippen molar-refractivity contribution >= 4 is 23.8 Å². The molecule has 1 aromatic heterocycles. The van der Waals surface area contributed by atoms with Gasteiger partial charge in [0.05, 0.1) is 34.3 Å². The molecule has 0 aliphatic heterocycles. The Morgan fingerprint density at radius 1 is 0.971 bits per heavy atom. The van der Waals surface area contributed by atoms with E-state index in [9.17, 15) is 14.9 Å². The van der Waals surface area contributed by atoms with Crippen LogP contribution in [0, 0.1) is 10.1 Å². The smallest absolute Gasteiger partial charge is 0.280 e. The second-order valence-electron chi connectivity index (χ2n) is 7.02. The quantitative estimate of drug-likeness (QED) is 0.188. The van der Waals surface area contributed by atoms with E-state index in [2.05, 4.69) is 20.5 Å². The molecule has 0 spiro atoms. The number of hydrogen-bond donors (Lipinski definition) is 2. The average Bonchev–Trinajstić information content (AvgIpc) is 3.20. The number of non-ortho nitro benzene ring substituents is 1. The summed E-state index contributed by atoms with van der Waals surface area (Å²) in [5.74, 6) is 0. The number of nitrogens with zero attached hydrogens (tertiary/aromatic N) is 5. The number of para-hydroxylation sites is 1. The number of H-pyrrole nitrogens is 1. The molecule has 0 amide bonds. The normalized spacial score (nSPS) is 11.9. The van der Waals surface area contributed by atoms with E-state index >= 15 is 0 Å². The average molecular weight is 454 g/mol. The summed E-state index contributed by atoms with van der Waals surface area (Å²) >= 11 is 0. The number of hydrogen-bond acceptors (Lipinski definition) is 7. The van der Waals surface area contributed by atoms with Crippen LogP contribution in [-0.4, -0.2) is 38.1 Å². The third-order valence-electron chi connectivity index (χ3n) is 4.91. The first kappa shape index (κ1) is 22.1. The van der Waals surface area contributed by atoms with Crippen LogP contribution in [0.15, 0.2) is 105 Å². The van der Waals surface area contributed by atoms with Gasteiger partial charge in [-0.2, -0.15) is 5.10 Å². The number of aromatic amines is 1. The molecule has 4 rings (SSSR count).